The molecular formula is C12H28N2O2. The lowest BCUT2D eigenvalue weighted by Crippen LogP contribution is -2.44. The van der Waals surface area contributed by atoms with Crippen LogP contribution in [0.4, 0.5) is 0 Å². The molecule has 0 aliphatic rings. The van der Waals surface area contributed by atoms with E-state index in [1.807, 2.05) is 6.92 Å². The third-order valence-corrected chi connectivity index (χ3v) is 2.68. The van der Waals surface area contributed by atoms with Crippen LogP contribution in [0.2, 0.25) is 0 Å². The lowest BCUT2D eigenvalue weighted by molar-refractivity contribution is 0.0422. The molecule has 0 aromatic rings. The molecule has 0 bridgehead atoms. The molecule has 4 heteroatoms. The molecule has 16 heavy (non-hydrogen) atoms. The first-order valence-electron chi connectivity index (χ1n) is 6.20. The molecule has 4 nitrogen and oxygen atoms in total. The van der Waals surface area contributed by atoms with E-state index in [0.717, 1.165) is 25.7 Å². The number of ether oxygens (including phenoxy) is 1. The Morgan fingerprint density at radius 3 is 2.69 bits per heavy atom. The second kappa shape index (κ2) is 8.93. The van der Waals surface area contributed by atoms with Crippen molar-refractivity contribution in [1.29, 1.82) is 0 Å². The summed E-state index contributed by atoms with van der Waals surface area (Å²) in [6.45, 7) is 5.93. The SMILES string of the molecule is CCCC(C)(O)CNC(CCCN)COC. The van der Waals surface area contributed by atoms with Crippen molar-refractivity contribution in [3.8, 4) is 0 Å². The van der Waals surface area contributed by atoms with E-state index in [-0.39, 0.29) is 6.04 Å². The van der Waals surface area contributed by atoms with Crippen molar-refractivity contribution in [3.63, 3.8) is 0 Å². The number of aliphatic hydroxyl groups is 1. The standard InChI is InChI=1S/C12H28N2O2/c1-4-7-12(2,15)10-14-11(9-16-3)6-5-8-13/h11,14-15H,4-10,13H2,1-3H3. The number of nitrogens with two attached hydrogens (primary N) is 1. The van der Waals surface area contributed by atoms with Gasteiger partial charge in [-0.05, 0) is 32.7 Å². The van der Waals surface area contributed by atoms with E-state index in [1.54, 1.807) is 7.11 Å². The summed E-state index contributed by atoms with van der Waals surface area (Å²) >= 11 is 0. The van der Waals surface area contributed by atoms with E-state index in [4.69, 9.17) is 10.5 Å². The Bertz CT molecular complexity index is 163. The van der Waals surface area contributed by atoms with Crippen LogP contribution in [-0.2, 0) is 4.74 Å². The fourth-order valence-electron chi connectivity index (χ4n) is 1.80. The highest BCUT2D eigenvalue weighted by atomic mass is 16.5. The van der Waals surface area contributed by atoms with Gasteiger partial charge in [-0.1, -0.05) is 13.3 Å². The van der Waals surface area contributed by atoms with E-state index in [9.17, 15) is 5.11 Å². The normalized spacial score (nSPS) is 17.1. The minimum atomic E-state index is -0.622. The van der Waals surface area contributed by atoms with E-state index in [2.05, 4.69) is 12.2 Å². The third kappa shape index (κ3) is 8.05. The average molecular weight is 232 g/mol. The first-order chi connectivity index (χ1) is 7.55. The van der Waals surface area contributed by atoms with Crippen LogP contribution in [0.25, 0.3) is 0 Å². The largest absolute Gasteiger partial charge is 0.389 e. The van der Waals surface area contributed by atoms with Crippen molar-refractivity contribution in [2.75, 3.05) is 26.8 Å². The highest BCUT2D eigenvalue weighted by Gasteiger charge is 2.20. The number of methoxy groups -OCH3 is 1. The topological polar surface area (TPSA) is 67.5 Å². The van der Waals surface area contributed by atoms with Crippen LogP contribution in [0, 0.1) is 0 Å². The summed E-state index contributed by atoms with van der Waals surface area (Å²) in [5.41, 5.74) is 4.86. The number of rotatable bonds is 10. The van der Waals surface area contributed by atoms with Gasteiger partial charge in [0.15, 0.2) is 0 Å². The summed E-state index contributed by atoms with van der Waals surface area (Å²) in [5, 5.41) is 13.4. The van der Waals surface area contributed by atoms with Gasteiger partial charge in [0.25, 0.3) is 0 Å². The molecule has 0 amide bonds. The summed E-state index contributed by atoms with van der Waals surface area (Å²) in [6, 6.07) is 0.289. The quantitative estimate of drug-likeness (QED) is 0.523. The Hall–Kier alpha value is -0.160. The Labute approximate surface area is 99.6 Å². The van der Waals surface area contributed by atoms with Crippen LogP contribution in [0.5, 0.6) is 0 Å². The molecule has 0 radical (unpaired) electrons. The first kappa shape index (κ1) is 15.8. The lowest BCUT2D eigenvalue weighted by atomic mass is 10.00. The summed E-state index contributed by atoms with van der Waals surface area (Å²) < 4.78 is 5.14. The van der Waals surface area contributed by atoms with E-state index < -0.39 is 5.60 Å². The number of nitrogens with one attached hydrogen (secondary N) is 1. The molecule has 0 aliphatic carbocycles. The van der Waals surface area contributed by atoms with E-state index in [0.29, 0.717) is 19.7 Å². The zero-order valence-corrected chi connectivity index (χ0v) is 11.0. The molecule has 0 aromatic carbocycles. The maximum absolute atomic E-state index is 10.0. The van der Waals surface area contributed by atoms with Gasteiger partial charge in [0.2, 0.25) is 0 Å². The molecule has 0 spiro atoms. The highest BCUT2D eigenvalue weighted by Crippen LogP contribution is 2.11. The van der Waals surface area contributed by atoms with Crippen LogP contribution in [0.15, 0.2) is 0 Å². The van der Waals surface area contributed by atoms with Crippen molar-refractivity contribution < 1.29 is 9.84 Å². The van der Waals surface area contributed by atoms with Crippen LogP contribution >= 0.6 is 0 Å². The molecule has 0 rings (SSSR count). The first-order valence-corrected chi connectivity index (χ1v) is 6.20. The summed E-state index contributed by atoms with van der Waals surface area (Å²) in [7, 11) is 1.70. The van der Waals surface area contributed by atoms with Gasteiger partial charge in [-0.15, -0.1) is 0 Å². The number of hydrogen-bond donors (Lipinski definition) is 3. The van der Waals surface area contributed by atoms with E-state index in [1.165, 1.54) is 0 Å². The monoisotopic (exact) mass is 232 g/mol. The maximum Gasteiger partial charge on any atom is 0.0743 e. The van der Waals surface area contributed by atoms with Crippen LogP contribution in [0.3, 0.4) is 0 Å². The van der Waals surface area contributed by atoms with Crippen LogP contribution < -0.4 is 11.1 Å². The molecule has 0 saturated heterocycles. The Balaban J connectivity index is 3.89. The van der Waals surface area contributed by atoms with Gasteiger partial charge in [-0.2, -0.15) is 0 Å². The van der Waals surface area contributed by atoms with Crippen molar-refractivity contribution in [1.82, 2.24) is 5.32 Å². The van der Waals surface area contributed by atoms with Crippen molar-refractivity contribution in [3.05, 3.63) is 0 Å². The molecule has 0 fully saturated rings. The molecule has 0 saturated carbocycles. The van der Waals surface area contributed by atoms with Crippen molar-refractivity contribution >= 4 is 0 Å². The molecule has 4 N–H and O–H groups in total. The van der Waals surface area contributed by atoms with Gasteiger partial charge in [0.1, 0.15) is 0 Å². The summed E-state index contributed by atoms with van der Waals surface area (Å²) in [5.74, 6) is 0. The zero-order chi connectivity index (χ0) is 12.4. The molecule has 98 valence electrons. The molecule has 2 atom stereocenters. The van der Waals surface area contributed by atoms with Gasteiger partial charge < -0.3 is 20.9 Å². The molecule has 2 unspecified atom stereocenters. The third-order valence-electron chi connectivity index (χ3n) is 2.68. The second-order valence-electron chi connectivity index (χ2n) is 4.71. The molecule has 0 aliphatic heterocycles. The van der Waals surface area contributed by atoms with E-state index >= 15 is 0 Å². The Kier molecular flexibility index (Phi) is 8.84. The Morgan fingerprint density at radius 2 is 2.19 bits per heavy atom. The minimum Gasteiger partial charge on any atom is -0.389 e. The molecule has 0 aromatic heterocycles. The predicted octanol–water partition coefficient (Wildman–Crippen LogP) is 0.881. The van der Waals surface area contributed by atoms with Gasteiger partial charge in [0.05, 0.1) is 12.2 Å². The van der Waals surface area contributed by atoms with Crippen molar-refractivity contribution in [2.45, 2.75) is 51.2 Å². The average Bonchev–Trinajstić information content (AvgIpc) is 2.22. The predicted molar refractivity (Wildman–Crippen MR) is 67.5 cm³/mol. The van der Waals surface area contributed by atoms with Gasteiger partial charge in [-0.25, -0.2) is 0 Å². The fraction of sp³-hybridized carbons (Fsp3) is 1.00. The maximum atomic E-state index is 10.0. The lowest BCUT2D eigenvalue weighted by Gasteiger charge is -2.26. The summed E-state index contributed by atoms with van der Waals surface area (Å²) in [6.07, 6.45) is 3.78. The van der Waals surface area contributed by atoms with Gasteiger partial charge in [0, 0.05) is 19.7 Å². The summed E-state index contributed by atoms with van der Waals surface area (Å²) in [4.78, 5) is 0. The van der Waals surface area contributed by atoms with Gasteiger partial charge >= 0.3 is 0 Å². The molecule has 0 heterocycles. The Morgan fingerprint density at radius 1 is 1.50 bits per heavy atom. The smallest absolute Gasteiger partial charge is 0.0743 e. The van der Waals surface area contributed by atoms with Crippen LogP contribution in [-0.4, -0.2) is 43.6 Å². The van der Waals surface area contributed by atoms with Crippen LogP contribution in [0.1, 0.15) is 39.5 Å². The molecular weight excluding hydrogens is 204 g/mol. The minimum absolute atomic E-state index is 0.289. The highest BCUT2D eigenvalue weighted by molar-refractivity contribution is 4.78. The van der Waals surface area contributed by atoms with Gasteiger partial charge in [-0.3, -0.25) is 0 Å². The van der Waals surface area contributed by atoms with Crippen molar-refractivity contribution in [2.24, 2.45) is 5.73 Å². The number of hydrogen-bond acceptors (Lipinski definition) is 4. The second-order valence-corrected chi connectivity index (χ2v) is 4.71. The zero-order valence-electron chi connectivity index (χ0n) is 11.0. The fourth-order valence-corrected chi connectivity index (χ4v) is 1.80.